The normalized spacial score (nSPS) is 10.9. The van der Waals surface area contributed by atoms with Gasteiger partial charge in [-0.1, -0.05) is 0 Å². The van der Waals surface area contributed by atoms with Crippen molar-refractivity contribution in [2.75, 3.05) is 12.5 Å². The summed E-state index contributed by atoms with van der Waals surface area (Å²) in [6.07, 6.45) is 0. The summed E-state index contributed by atoms with van der Waals surface area (Å²) >= 11 is 3.23. The number of nitrogen functional groups attached to an aromatic ring is 1. The van der Waals surface area contributed by atoms with Gasteiger partial charge in [-0.2, -0.15) is 0 Å². The minimum atomic E-state index is -0.335. The van der Waals surface area contributed by atoms with Crippen LogP contribution in [0, 0.1) is 12.7 Å². The lowest BCUT2D eigenvalue weighted by Gasteiger charge is -2.12. The Balaban J connectivity index is 2.82. The van der Waals surface area contributed by atoms with E-state index in [9.17, 15) is 4.39 Å². The second-order valence-electron chi connectivity index (χ2n) is 3.95. The number of nitrogens with one attached hydrogen (secondary N) is 1. The number of aryl methyl sites for hydroxylation is 1. The molecule has 0 saturated carbocycles. The van der Waals surface area contributed by atoms with Crippen LogP contribution in [0.5, 0.6) is 0 Å². The van der Waals surface area contributed by atoms with Crippen molar-refractivity contribution in [3.05, 3.63) is 33.7 Å². The number of methoxy groups -OCH3 is 1. The number of hydrazine groups is 1. The third kappa shape index (κ3) is 2.19. The second-order valence-corrected chi connectivity index (χ2v) is 4.74. The lowest BCUT2D eigenvalue weighted by molar-refractivity contribution is 0.182. The average Bonchev–Trinajstić information content (AvgIpc) is 2.35. The van der Waals surface area contributed by atoms with E-state index in [2.05, 4.69) is 26.3 Å². The minimum absolute atomic E-state index is 0.335. The fourth-order valence-electron chi connectivity index (χ4n) is 1.88. The maximum atomic E-state index is 13.7. The Hall–Kier alpha value is -1.24. The maximum Gasteiger partial charge on any atom is 0.138 e. The first-order chi connectivity index (χ1) is 8.58. The molecule has 6 heteroatoms. The largest absolute Gasteiger partial charge is 0.378 e. The number of fused-ring (bicyclic) bond motifs is 1. The Bertz CT molecular complexity index is 604. The van der Waals surface area contributed by atoms with Gasteiger partial charge < -0.3 is 10.2 Å². The lowest BCUT2D eigenvalue weighted by atomic mass is 10.1. The zero-order chi connectivity index (χ0) is 13.3. The summed E-state index contributed by atoms with van der Waals surface area (Å²) in [5, 5.41) is 0.634. The Morgan fingerprint density at radius 1 is 1.50 bits per heavy atom. The molecule has 0 fully saturated rings. The summed E-state index contributed by atoms with van der Waals surface area (Å²) in [6.45, 7) is 2.18. The molecule has 0 aliphatic carbocycles. The number of benzene rings is 1. The number of anilines is 1. The number of pyridine rings is 1. The summed E-state index contributed by atoms with van der Waals surface area (Å²) < 4.78 is 19.1. The molecule has 0 spiro atoms. The van der Waals surface area contributed by atoms with Crippen LogP contribution in [0.1, 0.15) is 11.3 Å². The van der Waals surface area contributed by atoms with Crippen LogP contribution >= 0.6 is 15.9 Å². The van der Waals surface area contributed by atoms with Gasteiger partial charge in [-0.25, -0.2) is 9.37 Å². The summed E-state index contributed by atoms with van der Waals surface area (Å²) in [7, 11) is 1.59. The van der Waals surface area contributed by atoms with E-state index in [1.165, 1.54) is 6.07 Å². The van der Waals surface area contributed by atoms with Gasteiger partial charge in [-0.05, 0) is 40.5 Å². The van der Waals surface area contributed by atoms with Crippen molar-refractivity contribution in [3.63, 3.8) is 0 Å². The van der Waals surface area contributed by atoms with Gasteiger partial charge in [0.25, 0.3) is 0 Å². The van der Waals surface area contributed by atoms with Gasteiger partial charge in [0.15, 0.2) is 0 Å². The van der Waals surface area contributed by atoms with E-state index >= 15 is 0 Å². The fraction of sp³-hybridized carbons (Fsp3) is 0.250. The molecule has 0 unspecified atom stereocenters. The monoisotopic (exact) mass is 313 g/mol. The third-order valence-corrected chi connectivity index (χ3v) is 3.44. The molecule has 1 aromatic heterocycles. The van der Waals surface area contributed by atoms with Crippen molar-refractivity contribution in [1.29, 1.82) is 0 Å². The topological polar surface area (TPSA) is 60.2 Å². The number of halogens is 2. The summed E-state index contributed by atoms with van der Waals surface area (Å²) in [4.78, 5) is 4.46. The number of aromatic nitrogens is 1. The SMILES string of the molecule is COCc1cc(NN)c2c(Br)c(F)cc(C)c2n1. The van der Waals surface area contributed by atoms with Crippen LogP contribution in [0.4, 0.5) is 10.1 Å². The molecule has 96 valence electrons. The molecule has 3 N–H and O–H groups in total. The van der Waals surface area contributed by atoms with Crippen LogP contribution in [0.15, 0.2) is 16.6 Å². The first-order valence-electron chi connectivity index (χ1n) is 5.32. The minimum Gasteiger partial charge on any atom is -0.378 e. The highest BCUT2D eigenvalue weighted by atomic mass is 79.9. The first-order valence-corrected chi connectivity index (χ1v) is 6.11. The molecule has 0 bridgehead atoms. The molecule has 0 aliphatic heterocycles. The standard InChI is InChI=1S/C12H13BrFN3O/c1-6-3-8(14)11(13)10-9(17-15)4-7(5-18-2)16-12(6)10/h3-4H,5,15H2,1-2H3,(H,16,17). The lowest BCUT2D eigenvalue weighted by Crippen LogP contribution is -2.09. The van der Waals surface area contributed by atoms with Crippen molar-refractivity contribution in [3.8, 4) is 0 Å². The highest BCUT2D eigenvalue weighted by Gasteiger charge is 2.14. The van der Waals surface area contributed by atoms with Crippen molar-refractivity contribution in [2.45, 2.75) is 13.5 Å². The fourth-order valence-corrected chi connectivity index (χ4v) is 2.40. The molecule has 2 aromatic rings. The van der Waals surface area contributed by atoms with Crippen LogP contribution in [0.25, 0.3) is 10.9 Å². The second kappa shape index (κ2) is 5.17. The summed E-state index contributed by atoms with van der Waals surface area (Å²) in [6, 6.07) is 3.19. The number of nitrogens with zero attached hydrogens (tertiary/aromatic N) is 1. The molecule has 4 nitrogen and oxygen atoms in total. The van der Waals surface area contributed by atoms with E-state index < -0.39 is 0 Å². The highest BCUT2D eigenvalue weighted by Crippen LogP contribution is 2.34. The highest BCUT2D eigenvalue weighted by molar-refractivity contribution is 9.10. The zero-order valence-corrected chi connectivity index (χ0v) is 11.6. The van der Waals surface area contributed by atoms with Gasteiger partial charge in [0.05, 0.1) is 28.0 Å². The van der Waals surface area contributed by atoms with E-state index in [0.717, 1.165) is 11.3 Å². The molecular weight excluding hydrogens is 301 g/mol. The van der Waals surface area contributed by atoms with Crippen LogP contribution in [-0.2, 0) is 11.3 Å². The molecule has 0 aliphatic rings. The summed E-state index contributed by atoms with van der Waals surface area (Å²) in [5.41, 5.74) is 5.37. The van der Waals surface area contributed by atoms with Crippen molar-refractivity contribution in [2.24, 2.45) is 5.84 Å². The maximum absolute atomic E-state index is 13.7. The molecule has 0 amide bonds. The van der Waals surface area contributed by atoms with Gasteiger partial charge in [-0.3, -0.25) is 5.84 Å². The molecule has 0 atom stereocenters. The number of hydrogen-bond donors (Lipinski definition) is 2. The molecule has 0 radical (unpaired) electrons. The Labute approximate surface area is 112 Å². The molecule has 0 saturated heterocycles. The van der Waals surface area contributed by atoms with Crippen LogP contribution in [-0.4, -0.2) is 12.1 Å². The molecule has 18 heavy (non-hydrogen) atoms. The van der Waals surface area contributed by atoms with E-state index in [1.54, 1.807) is 13.2 Å². The number of nitrogens with two attached hydrogens (primary N) is 1. The van der Waals surface area contributed by atoms with Gasteiger partial charge in [0.2, 0.25) is 0 Å². The molecule has 1 aromatic carbocycles. The Morgan fingerprint density at radius 3 is 2.83 bits per heavy atom. The van der Waals surface area contributed by atoms with Crippen molar-refractivity contribution in [1.82, 2.24) is 4.98 Å². The van der Waals surface area contributed by atoms with Crippen LogP contribution < -0.4 is 11.3 Å². The summed E-state index contributed by atoms with van der Waals surface area (Å²) in [5.74, 6) is 5.15. The van der Waals surface area contributed by atoms with Gasteiger partial charge in [-0.15, -0.1) is 0 Å². The van der Waals surface area contributed by atoms with Gasteiger partial charge >= 0.3 is 0 Å². The van der Waals surface area contributed by atoms with Crippen molar-refractivity contribution >= 4 is 32.5 Å². The predicted octanol–water partition coefficient (Wildman–Crippen LogP) is 2.88. The van der Waals surface area contributed by atoms with E-state index in [1.807, 2.05) is 6.92 Å². The molecular formula is C12H13BrFN3O. The average molecular weight is 314 g/mol. The van der Waals surface area contributed by atoms with Gasteiger partial charge in [0.1, 0.15) is 5.82 Å². The molecule has 2 rings (SSSR count). The quantitative estimate of drug-likeness (QED) is 0.675. The van der Waals surface area contributed by atoms with E-state index in [0.29, 0.717) is 27.7 Å². The number of ether oxygens (including phenoxy) is 1. The van der Waals surface area contributed by atoms with Gasteiger partial charge in [0, 0.05) is 12.5 Å². The Morgan fingerprint density at radius 2 is 2.22 bits per heavy atom. The smallest absolute Gasteiger partial charge is 0.138 e. The third-order valence-electron chi connectivity index (χ3n) is 2.67. The van der Waals surface area contributed by atoms with Crippen LogP contribution in [0.3, 0.4) is 0 Å². The zero-order valence-electron chi connectivity index (χ0n) is 10.1. The van der Waals surface area contributed by atoms with Crippen molar-refractivity contribution < 1.29 is 9.13 Å². The van der Waals surface area contributed by atoms with E-state index in [-0.39, 0.29) is 5.82 Å². The van der Waals surface area contributed by atoms with E-state index in [4.69, 9.17) is 10.6 Å². The molecule has 1 heterocycles. The number of rotatable bonds is 3. The Kier molecular flexibility index (Phi) is 3.79. The first kappa shape index (κ1) is 13.2. The number of hydrogen-bond acceptors (Lipinski definition) is 4. The predicted molar refractivity (Wildman–Crippen MR) is 72.7 cm³/mol. The van der Waals surface area contributed by atoms with Crippen LogP contribution in [0.2, 0.25) is 0 Å².